The van der Waals surface area contributed by atoms with Crippen LogP contribution in [-0.2, 0) is 4.74 Å². The van der Waals surface area contributed by atoms with Gasteiger partial charge in [-0.05, 0) is 26.0 Å². The molecule has 0 bridgehead atoms. The lowest BCUT2D eigenvalue weighted by molar-refractivity contribution is 0.106. The Morgan fingerprint density at radius 3 is 2.19 bits per heavy atom. The first-order valence-corrected chi connectivity index (χ1v) is 6.03. The lowest BCUT2D eigenvalue weighted by atomic mass is 10.2. The van der Waals surface area contributed by atoms with Crippen LogP contribution in [0.25, 0.3) is 0 Å². The minimum atomic E-state index is 0.0746. The van der Waals surface area contributed by atoms with E-state index in [0.717, 1.165) is 5.69 Å². The number of anilines is 1. The van der Waals surface area contributed by atoms with Gasteiger partial charge in [-0.1, -0.05) is 34.8 Å². The molecule has 1 aromatic carbocycles. The van der Waals surface area contributed by atoms with Crippen LogP contribution < -0.4 is 5.32 Å². The first-order chi connectivity index (χ1) is 7.45. The van der Waals surface area contributed by atoms with Gasteiger partial charge in [-0.2, -0.15) is 0 Å². The van der Waals surface area contributed by atoms with Crippen molar-refractivity contribution in [3.05, 3.63) is 27.2 Å². The molecular weight excluding hydrogens is 268 g/mol. The third kappa shape index (κ3) is 3.42. The lowest BCUT2D eigenvalue weighted by Gasteiger charge is -2.22. The summed E-state index contributed by atoms with van der Waals surface area (Å²) in [6.45, 7) is 3.98. The van der Waals surface area contributed by atoms with Crippen molar-refractivity contribution in [1.29, 1.82) is 0 Å². The van der Waals surface area contributed by atoms with Gasteiger partial charge < -0.3 is 10.1 Å². The molecule has 0 spiro atoms. The number of benzene rings is 1. The summed E-state index contributed by atoms with van der Waals surface area (Å²) in [6, 6.07) is 3.46. The van der Waals surface area contributed by atoms with E-state index in [0.29, 0.717) is 15.1 Å². The van der Waals surface area contributed by atoms with E-state index < -0.39 is 0 Å². The molecule has 0 heterocycles. The van der Waals surface area contributed by atoms with E-state index in [9.17, 15) is 0 Å². The molecule has 0 amide bonds. The molecule has 1 aromatic rings. The van der Waals surface area contributed by atoms with E-state index >= 15 is 0 Å². The van der Waals surface area contributed by atoms with Crippen molar-refractivity contribution in [2.24, 2.45) is 0 Å². The summed E-state index contributed by atoms with van der Waals surface area (Å²) in [5.74, 6) is 0. The molecule has 5 heteroatoms. The van der Waals surface area contributed by atoms with E-state index in [1.54, 1.807) is 19.2 Å². The highest BCUT2D eigenvalue weighted by atomic mass is 35.5. The molecule has 0 aliphatic rings. The Morgan fingerprint density at radius 2 is 1.62 bits per heavy atom. The first-order valence-electron chi connectivity index (χ1n) is 4.89. The molecule has 0 aromatic heterocycles. The molecule has 0 aliphatic heterocycles. The largest absolute Gasteiger partial charge is 0.380 e. The van der Waals surface area contributed by atoms with E-state index in [-0.39, 0.29) is 12.1 Å². The fourth-order valence-electron chi connectivity index (χ4n) is 1.20. The van der Waals surface area contributed by atoms with Crippen LogP contribution in [0.2, 0.25) is 15.1 Å². The van der Waals surface area contributed by atoms with Crippen LogP contribution in [-0.4, -0.2) is 19.3 Å². The van der Waals surface area contributed by atoms with E-state index in [1.807, 2.05) is 13.8 Å². The minimum Gasteiger partial charge on any atom is -0.380 e. The molecule has 90 valence electrons. The number of hydrogen-bond acceptors (Lipinski definition) is 2. The van der Waals surface area contributed by atoms with Crippen molar-refractivity contribution >= 4 is 40.5 Å². The monoisotopic (exact) mass is 281 g/mol. The second-order valence-electron chi connectivity index (χ2n) is 3.62. The third-order valence-electron chi connectivity index (χ3n) is 2.47. The zero-order chi connectivity index (χ0) is 12.3. The molecule has 2 unspecified atom stereocenters. The Labute approximate surface area is 111 Å². The summed E-state index contributed by atoms with van der Waals surface area (Å²) in [6.07, 6.45) is 0.0746. The molecule has 0 saturated heterocycles. The van der Waals surface area contributed by atoms with Crippen LogP contribution >= 0.6 is 34.8 Å². The number of hydrogen-bond donors (Lipinski definition) is 1. The maximum Gasteiger partial charge on any atom is 0.0741 e. The van der Waals surface area contributed by atoms with E-state index in [4.69, 9.17) is 39.5 Å². The third-order valence-corrected chi connectivity index (χ3v) is 3.50. The molecule has 2 nitrogen and oxygen atoms in total. The Kier molecular flexibility index (Phi) is 5.19. The van der Waals surface area contributed by atoms with Crippen molar-refractivity contribution < 1.29 is 4.74 Å². The predicted octanol–water partition coefficient (Wildman–Crippen LogP) is 4.48. The standard InChI is InChI=1S/C11H14Cl3NO/c1-6(7(2)16-3)15-11-5-9(13)8(12)4-10(11)14/h4-7,15H,1-3H3. The topological polar surface area (TPSA) is 21.3 Å². The van der Waals surface area contributed by atoms with Gasteiger partial charge in [-0.3, -0.25) is 0 Å². The Hall–Kier alpha value is -0.150. The van der Waals surface area contributed by atoms with Crippen molar-refractivity contribution in [2.45, 2.75) is 26.0 Å². The van der Waals surface area contributed by atoms with Crippen LogP contribution in [0.5, 0.6) is 0 Å². The highest BCUT2D eigenvalue weighted by Gasteiger charge is 2.13. The molecular formula is C11H14Cl3NO. The van der Waals surface area contributed by atoms with Crippen molar-refractivity contribution in [3.8, 4) is 0 Å². The van der Waals surface area contributed by atoms with Gasteiger partial charge in [0.25, 0.3) is 0 Å². The number of rotatable bonds is 4. The van der Waals surface area contributed by atoms with Crippen LogP contribution in [0.3, 0.4) is 0 Å². The zero-order valence-corrected chi connectivity index (χ0v) is 11.6. The fraction of sp³-hybridized carbons (Fsp3) is 0.455. The van der Waals surface area contributed by atoms with Gasteiger partial charge in [0.1, 0.15) is 0 Å². The minimum absolute atomic E-state index is 0.0746. The van der Waals surface area contributed by atoms with E-state index in [1.165, 1.54) is 0 Å². The van der Waals surface area contributed by atoms with Gasteiger partial charge in [0, 0.05) is 13.2 Å². The van der Waals surface area contributed by atoms with Crippen molar-refractivity contribution in [3.63, 3.8) is 0 Å². The molecule has 0 saturated carbocycles. The molecule has 1 N–H and O–H groups in total. The van der Waals surface area contributed by atoms with Gasteiger partial charge >= 0.3 is 0 Å². The summed E-state index contributed by atoms with van der Waals surface area (Å²) in [7, 11) is 1.67. The summed E-state index contributed by atoms with van der Waals surface area (Å²) in [4.78, 5) is 0. The Morgan fingerprint density at radius 1 is 1.06 bits per heavy atom. The van der Waals surface area contributed by atoms with E-state index in [2.05, 4.69) is 5.32 Å². The van der Waals surface area contributed by atoms with Gasteiger partial charge in [0.05, 0.1) is 26.9 Å². The van der Waals surface area contributed by atoms with Crippen molar-refractivity contribution in [1.82, 2.24) is 0 Å². The molecule has 0 aliphatic carbocycles. The van der Waals surface area contributed by atoms with Crippen LogP contribution in [0.1, 0.15) is 13.8 Å². The van der Waals surface area contributed by atoms with Crippen LogP contribution in [0, 0.1) is 0 Å². The molecule has 1 rings (SSSR count). The Balaban J connectivity index is 2.85. The summed E-state index contributed by atoms with van der Waals surface area (Å²) in [5, 5.41) is 4.70. The summed E-state index contributed by atoms with van der Waals surface area (Å²) >= 11 is 17.8. The average molecular weight is 283 g/mol. The fourth-order valence-corrected chi connectivity index (χ4v) is 1.80. The number of methoxy groups -OCH3 is 1. The normalized spacial score (nSPS) is 14.6. The first kappa shape index (κ1) is 13.9. The van der Waals surface area contributed by atoms with Gasteiger partial charge in [0.15, 0.2) is 0 Å². The lowest BCUT2D eigenvalue weighted by Crippen LogP contribution is -2.29. The van der Waals surface area contributed by atoms with Crippen LogP contribution in [0.4, 0.5) is 5.69 Å². The molecule has 2 atom stereocenters. The molecule has 0 radical (unpaired) electrons. The Bertz CT molecular complexity index is 370. The maximum atomic E-state index is 6.05. The smallest absolute Gasteiger partial charge is 0.0741 e. The summed E-state index contributed by atoms with van der Waals surface area (Å²) < 4.78 is 5.21. The van der Waals surface area contributed by atoms with Crippen molar-refractivity contribution in [2.75, 3.05) is 12.4 Å². The molecule has 16 heavy (non-hydrogen) atoms. The average Bonchev–Trinajstić information content (AvgIpc) is 2.24. The predicted molar refractivity (Wildman–Crippen MR) is 71.0 cm³/mol. The quantitative estimate of drug-likeness (QED) is 0.822. The zero-order valence-electron chi connectivity index (χ0n) is 9.35. The van der Waals surface area contributed by atoms with Gasteiger partial charge in [-0.25, -0.2) is 0 Å². The number of ether oxygens (including phenoxy) is 1. The van der Waals surface area contributed by atoms with Crippen LogP contribution in [0.15, 0.2) is 12.1 Å². The number of halogens is 3. The van der Waals surface area contributed by atoms with Gasteiger partial charge in [0.2, 0.25) is 0 Å². The molecule has 0 fully saturated rings. The highest BCUT2D eigenvalue weighted by molar-refractivity contribution is 6.44. The summed E-state index contributed by atoms with van der Waals surface area (Å²) in [5.41, 5.74) is 0.757. The maximum absolute atomic E-state index is 6.05. The second-order valence-corrected chi connectivity index (χ2v) is 4.84. The SMILES string of the molecule is COC(C)C(C)Nc1cc(Cl)c(Cl)cc1Cl. The highest BCUT2D eigenvalue weighted by Crippen LogP contribution is 2.32. The second kappa shape index (κ2) is 5.97. The van der Waals surface area contributed by atoms with Gasteiger partial charge in [-0.15, -0.1) is 0 Å². The number of nitrogens with one attached hydrogen (secondary N) is 1.